The summed E-state index contributed by atoms with van der Waals surface area (Å²) >= 11 is 0. The summed E-state index contributed by atoms with van der Waals surface area (Å²) < 4.78 is 4.91. The predicted octanol–water partition coefficient (Wildman–Crippen LogP) is 5.14. The van der Waals surface area contributed by atoms with Crippen LogP contribution in [0.2, 0.25) is 0 Å². The first-order valence-corrected chi connectivity index (χ1v) is 9.46. The minimum absolute atomic E-state index is 1.03. The maximum absolute atomic E-state index is 2.47. The Bertz CT molecular complexity index is 542. The number of nitrogens with zero attached hydrogens (tertiary/aromatic N) is 2. The molecule has 1 heterocycles. The normalized spacial score (nSPS) is 11.0. The van der Waals surface area contributed by atoms with Gasteiger partial charge in [0.1, 0.15) is 12.4 Å². The van der Waals surface area contributed by atoms with Crippen molar-refractivity contribution in [2.45, 2.75) is 78.3 Å². The van der Waals surface area contributed by atoms with Gasteiger partial charge in [0.25, 0.3) is 5.82 Å². The van der Waals surface area contributed by atoms with Crippen molar-refractivity contribution < 1.29 is 4.57 Å². The van der Waals surface area contributed by atoms with Gasteiger partial charge < -0.3 is 0 Å². The molecule has 2 rings (SSSR count). The lowest BCUT2D eigenvalue weighted by atomic mass is 10.1. The van der Waals surface area contributed by atoms with Gasteiger partial charge in [-0.25, -0.2) is 9.13 Å². The first-order valence-electron chi connectivity index (χ1n) is 9.46. The summed E-state index contributed by atoms with van der Waals surface area (Å²) in [6, 6.07) is 10.8. The van der Waals surface area contributed by atoms with Crippen molar-refractivity contribution in [3.8, 4) is 0 Å². The first kappa shape index (κ1) is 17.8. The second kappa shape index (κ2) is 10.3. The van der Waals surface area contributed by atoms with Crippen LogP contribution in [0.4, 0.5) is 0 Å². The van der Waals surface area contributed by atoms with Crippen molar-refractivity contribution in [3.63, 3.8) is 0 Å². The Morgan fingerprint density at radius 1 is 0.870 bits per heavy atom. The maximum atomic E-state index is 2.47. The average Bonchev–Trinajstić information content (AvgIpc) is 2.94. The third-order valence-corrected chi connectivity index (χ3v) is 4.51. The third kappa shape index (κ3) is 5.85. The lowest BCUT2D eigenvalue weighted by Gasteiger charge is -2.06. The van der Waals surface area contributed by atoms with Crippen molar-refractivity contribution in [1.29, 1.82) is 0 Å². The van der Waals surface area contributed by atoms with Crippen LogP contribution < -0.4 is 4.57 Å². The molecule has 0 spiro atoms. The highest BCUT2D eigenvalue weighted by atomic mass is 15.1. The summed E-state index contributed by atoms with van der Waals surface area (Å²) in [5, 5.41) is 0. The first-order chi connectivity index (χ1) is 11.3. The van der Waals surface area contributed by atoms with Crippen molar-refractivity contribution in [1.82, 2.24) is 4.57 Å². The number of hydrogen-bond donors (Lipinski definition) is 0. The van der Waals surface area contributed by atoms with E-state index in [4.69, 9.17) is 0 Å². The zero-order chi connectivity index (χ0) is 16.3. The van der Waals surface area contributed by atoms with E-state index in [1.54, 1.807) is 0 Å². The Morgan fingerprint density at radius 2 is 1.61 bits per heavy atom. The minimum atomic E-state index is 1.03. The molecule has 0 saturated heterocycles. The van der Waals surface area contributed by atoms with Gasteiger partial charge in [0.05, 0.1) is 19.5 Å². The van der Waals surface area contributed by atoms with Crippen LogP contribution in [0.5, 0.6) is 0 Å². The molecule has 1 aromatic carbocycles. The van der Waals surface area contributed by atoms with Gasteiger partial charge in [0.2, 0.25) is 0 Å². The molecular formula is C21H33N2+. The number of unbranched alkanes of at least 4 members (excludes halogenated alkanes) is 5. The lowest BCUT2D eigenvalue weighted by Crippen LogP contribution is -2.37. The van der Waals surface area contributed by atoms with E-state index in [0.717, 1.165) is 19.5 Å². The fourth-order valence-electron chi connectivity index (χ4n) is 3.19. The molecule has 0 aliphatic carbocycles. The van der Waals surface area contributed by atoms with Crippen LogP contribution in [0.1, 0.15) is 70.2 Å². The predicted molar refractivity (Wildman–Crippen MR) is 97.5 cm³/mol. The molecule has 0 saturated carbocycles. The van der Waals surface area contributed by atoms with Gasteiger partial charge in [-0.05, 0) is 24.8 Å². The van der Waals surface area contributed by atoms with Crippen LogP contribution in [0, 0.1) is 0 Å². The van der Waals surface area contributed by atoms with E-state index in [2.05, 4.69) is 65.7 Å². The van der Waals surface area contributed by atoms with E-state index in [9.17, 15) is 0 Å². The molecule has 23 heavy (non-hydrogen) atoms. The van der Waals surface area contributed by atoms with Crippen LogP contribution in [-0.2, 0) is 19.5 Å². The monoisotopic (exact) mass is 313 g/mol. The van der Waals surface area contributed by atoms with E-state index >= 15 is 0 Å². The Labute approximate surface area is 142 Å². The Balaban J connectivity index is 1.95. The largest absolute Gasteiger partial charge is 0.260 e. The molecular weight excluding hydrogens is 280 g/mol. The van der Waals surface area contributed by atoms with E-state index in [-0.39, 0.29) is 0 Å². The van der Waals surface area contributed by atoms with Crippen LogP contribution in [0.15, 0.2) is 42.7 Å². The SMILES string of the molecule is CCCCCCCCn1cc[n+](CCC)c1Cc1ccccc1. The van der Waals surface area contributed by atoms with Crippen molar-refractivity contribution >= 4 is 0 Å². The molecule has 2 aromatic rings. The number of rotatable bonds is 11. The topological polar surface area (TPSA) is 8.81 Å². The highest BCUT2D eigenvalue weighted by molar-refractivity contribution is 5.18. The molecule has 2 nitrogen and oxygen atoms in total. The Morgan fingerprint density at radius 3 is 2.35 bits per heavy atom. The molecule has 0 radical (unpaired) electrons. The van der Waals surface area contributed by atoms with E-state index in [0.29, 0.717) is 0 Å². The molecule has 0 fully saturated rings. The quantitative estimate of drug-likeness (QED) is 0.401. The van der Waals surface area contributed by atoms with Crippen LogP contribution in [0.25, 0.3) is 0 Å². The van der Waals surface area contributed by atoms with E-state index in [1.807, 2.05) is 0 Å². The molecule has 0 N–H and O–H groups in total. The maximum Gasteiger partial charge on any atom is 0.260 e. The van der Waals surface area contributed by atoms with Gasteiger partial charge in [-0.1, -0.05) is 69.9 Å². The van der Waals surface area contributed by atoms with Crippen LogP contribution in [-0.4, -0.2) is 4.57 Å². The van der Waals surface area contributed by atoms with E-state index < -0.39 is 0 Å². The molecule has 0 aliphatic rings. The molecule has 0 atom stereocenters. The molecule has 0 unspecified atom stereocenters. The molecule has 1 aromatic heterocycles. The third-order valence-electron chi connectivity index (χ3n) is 4.51. The molecule has 2 heteroatoms. The van der Waals surface area contributed by atoms with Crippen molar-refractivity contribution in [3.05, 3.63) is 54.1 Å². The van der Waals surface area contributed by atoms with Crippen molar-refractivity contribution in [2.75, 3.05) is 0 Å². The minimum Gasteiger partial charge on any atom is -0.234 e. The Kier molecular flexibility index (Phi) is 7.92. The number of benzene rings is 1. The fraction of sp³-hybridized carbons (Fsp3) is 0.571. The Hall–Kier alpha value is -1.57. The highest BCUT2D eigenvalue weighted by Crippen LogP contribution is 2.10. The summed E-state index contributed by atoms with van der Waals surface area (Å²) in [5.41, 5.74) is 1.40. The smallest absolute Gasteiger partial charge is 0.234 e. The van der Waals surface area contributed by atoms with Crippen molar-refractivity contribution in [2.24, 2.45) is 0 Å². The lowest BCUT2D eigenvalue weighted by molar-refractivity contribution is -0.703. The van der Waals surface area contributed by atoms with Gasteiger partial charge in [-0.15, -0.1) is 0 Å². The summed E-state index contributed by atoms with van der Waals surface area (Å²) in [5.74, 6) is 1.45. The summed E-state index contributed by atoms with van der Waals surface area (Å²) in [7, 11) is 0. The van der Waals surface area contributed by atoms with Crippen LogP contribution >= 0.6 is 0 Å². The summed E-state index contributed by atoms with van der Waals surface area (Å²) in [4.78, 5) is 0. The number of aromatic nitrogens is 2. The zero-order valence-corrected chi connectivity index (χ0v) is 15.0. The van der Waals surface area contributed by atoms with Gasteiger partial charge in [-0.2, -0.15) is 0 Å². The summed E-state index contributed by atoms with van der Waals surface area (Å²) in [6.45, 7) is 6.81. The highest BCUT2D eigenvalue weighted by Gasteiger charge is 2.16. The zero-order valence-electron chi connectivity index (χ0n) is 15.0. The molecule has 0 bridgehead atoms. The summed E-state index contributed by atoms with van der Waals surface area (Å²) in [6.07, 6.45) is 14.9. The second-order valence-electron chi connectivity index (χ2n) is 6.53. The molecule has 0 amide bonds. The second-order valence-corrected chi connectivity index (χ2v) is 6.53. The van der Waals surface area contributed by atoms with Gasteiger partial charge >= 0.3 is 0 Å². The van der Waals surface area contributed by atoms with Crippen LogP contribution in [0.3, 0.4) is 0 Å². The van der Waals surface area contributed by atoms with E-state index in [1.165, 1.54) is 56.3 Å². The average molecular weight is 314 g/mol. The van der Waals surface area contributed by atoms with Gasteiger partial charge in [0, 0.05) is 0 Å². The number of hydrogen-bond acceptors (Lipinski definition) is 0. The number of aryl methyl sites for hydroxylation is 2. The van der Waals surface area contributed by atoms with Gasteiger partial charge in [-0.3, -0.25) is 0 Å². The molecule has 0 aliphatic heterocycles. The fourth-order valence-corrected chi connectivity index (χ4v) is 3.19. The number of imidazole rings is 1. The van der Waals surface area contributed by atoms with Gasteiger partial charge in [0.15, 0.2) is 0 Å². The standard InChI is InChI=1S/C21H33N2/c1-3-5-6-7-8-12-16-23-18-17-22(15-4-2)21(23)19-20-13-10-9-11-14-20/h9-11,13-14,17-18H,3-8,12,15-16,19H2,1-2H3/q+1. The molecule has 126 valence electrons.